The number of carbonyl (C=O) groups is 4. The number of alkyl carbamates (subject to hydrolysis) is 1. The van der Waals surface area contributed by atoms with Crippen LogP contribution < -0.4 is 10.6 Å². The molecule has 3 amide bonds. The lowest BCUT2D eigenvalue weighted by Gasteiger charge is -2.43. The Morgan fingerprint density at radius 1 is 0.952 bits per heavy atom. The number of ether oxygens (including phenoxy) is 2. The van der Waals surface area contributed by atoms with Gasteiger partial charge < -0.3 is 30.1 Å². The second-order valence-corrected chi connectivity index (χ2v) is 12.1. The molecule has 0 aliphatic rings. The largest absolute Gasteiger partial charge is 0.508 e. The number of phenols is 1. The Bertz CT molecular complexity index is 1230. The highest BCUT2D eigenvalue weighted by molar-refractivity contribution is 5.93. The minimum absolute atomic E-state index is 0.0206. The van der Waals surface area contributed by atoms with Gasteiger partial charge in [-0.1, -0.05) is 36.4 Å². The number of aryl methyl sites for hydroxylation is 1. The molecular formula is C32H45N3O7. The SMILES string of the molecule is CCOC(=O)CCNC(=O)C(c1ccccc1C)N(C(=O)C(Cc1ccc(O)cc1)NC(=O)OC(C)(C)C)C(C)(C)C. The standard InChI is InChI=1S/C32H45N3O7/c1-9-41-26(37)18-19-33-28(38)27(24-13-11-10-12-21(24)2)35(31(3,4)5)29(39)25(34-30(40)42-32(6,7)8)20-22-14-16-23(36)17-15-22/h10-17,25,27,36H,9,18-20H2,1-8H3,(H,33,38)(H,34,40). The van der Waals surface area contributed by atoms with Gasteiger partial charge in [-0.25, -0.2) is 4.79 Å². The molecule has 42 heavy (non-hydrogen) atoms. The highest BCUT2D eigenvalue weighted by atomic mass is 16.6. The number of nitrogens with one attached hydrogen (secondary N) is 2. The number of hydrogen-bond acceptors (Lipinski definition) is 7. The van der Waals surface area contributed by atoms with Crippen molar-refractivity contribution in [3.8, 4) is 5.75 Å². The van der Waals surface area contributed by atoms with Crippen molar-refractivity contribution in [2.45, 2.75) is 91.5 Å². The maximum Gasteiger partial charge on any atom is 0.408 e. The minimum Gasteiger partial charge on any atom is -0.508 e. The summed E-state index contributed by atoms with van der Waals surface area (Å²) in [6.45, 7) is 14.4. The molecule has 2 aromatic rings. The molecule has 0 aliphatic carbocycles. The number of carbonyl (C=O) groups excluding carboxylic acids is 4. The fraction of sp³-hybridized carbons (Fsp3) is 0.500. The lowest BCUT2D eigenvalue weighted by atomic mass is 9.92. The average molecular weight is 584 g/mol. The quantitative estimate of drug-likeness (QED) is 0.330. The van der Waals surface area contributed by atoms with E-state index in [2.05, 4.69) is 10.6 Å². The average Bonchev–Trinajstić information content (AvgIpc) is 2.86. The first-order chi connectivity index (χ1) is 19.5. The van der Waals surface area contributed by atoms with Gasteiger partial charge in [-0.2, -0.15) is 0 Å². The van der Waals surface area contributed by atoms with Crippen LogP contribution in [0.2, 0.25) is 0 Å². The Labute approximate surface area is 248 Å². The molecule has 0 aliphatic heterocycles. The summed E-state index contributed by atoms with van der Waals surface area (Å²) in [5, 5.41) is 15.3. The third-order valence-electron chi connectivity index (χ3n) is 6.25. The van der Waals surface area contributed by atoms with E-state index >= 15 is 0 Å². The third kappa shape index (κ3) is 10.4. The summed E-state index contributed by atoms with van der Waals surface area (Å²) in [4.78, 5) is 54.7. The van der Waals surface area contributed by atoms with Gasteiger partial charge in [0.1, 0.15) is 23.4 Å². The van der Waals surface area contributed by atoms with Gasteiger partial charge in [0.15, 0.2) is 0 Å². The van der Waals surface area contributed by atoms with Crippen LogP contribution in [0.5, 0.6) is 5.75 Å². The fourth-order valence-electron chi connectivity index (χ4n) is 4.44. The predicted molar refractivity (Wildman–Crippen MR) is 160 cm³/mol. The smallest absolute Gasteiger partial charge is 0.408 e. The van der Waals surface area contributed by atoms with Crippen molar-refractivity contribution in [1.29, 1.82) is 0 Å². The normalized spacial score (nSPS) is 13.0. The van der Waals surface area contributed by atoms with Gasteiger partial charge in [0, 0.05) is 18.5 Å². The maximum absolute atomic E-state index is 14.5. The van der Waals surface area contributed by atoms with Crippen LogP contribution in [-0.2, 0) is 30.3 Å². The van der Waals surface area contributed by atoms with E-state index < -0.39 is 47.1 Å². The molecule has 0 bridgehead atoms. The highest BCUT2D eigenvalue weighted by Crippen LogP contribution is 2.32. The highest BCUT2D eigenvalue weighted by Gasteiger charge is 2.42. The van der Waals surface area contributed by atoms with Gasteiger partial charge in [0.05, 0.1) is 13.0 Å². The Balaban J connectivity index is 2.56. The zero-order valence-corrected chi connectivity index (χ0v) is 25.9. The topological polar surface area (TPSA) is 134 Å². The van der Waals surface area contributed by atoms with Crippen molar-refractivity contribution in [2.24, 2.45) is 0 Å². The van der Waals surface area contributed by atoms with Gasteiger partial charge in [0.2, 0.25) is 11.8 Å². The molecule has 2 rings (SSSR count). The lowest BCUT2D eigenvalue weighted by molar-refractivity contribution is -0.149. The van der Waals surface area contributed by atoms with Gasteiger partial charge in [0.25, 0.3) is 0 Å². The number of amides is 3. The zero-order valence-electron chi connectivity index (χ0n) is 25.9. The number of rotatable bonds is 11. The minimum atomic E-state index is -1.11. The predicted octanol–water partition coefficient (Wildman–Crippen LogP) is 4.57. The van der Waals surface area contributed by atoms with Gasteiger partial charge in [-0.15, -0.1) is 0 Å². The molecule has 10 heteroatoms. The van der Waals surface area contributed by atoms with Crippen LogP contribution in [0, 0.1) is 6.92 Å². The Hall–Kier alpha value is -4.08. The monoisotopic (exact) mass is 583 g/mol. The van der Waals surface area contributed by atoms with E-state index in [1.165, 1.54) is 17.0 Å². The van der Waals surface area contributed by atoms with Crippen molar-refractivity contribution >= 4 is 23.9 Å². The Morgan fingerprint density at radius 3 is 2.12 bits per heavy atom. The third-order valence-corrected chi connectivity index (χ3v) is 6.25. The Morgan fingerprint density at radius 2 is 1.57 bits per heavy atom. The van der Waals surface area contributed by atoms with Crippen LogP contribution in [0.25, 0.3) is 0 Å². The van der Waals surface area contributed by atoms with Crippen molar-refractivity contribution < 1.29 is 33.8 Å². The molecule has 3 N–H and O–H groups in total. The number of nitrogens with zero attached hydrogens (tertiary/aromatic N) is 1. The van der Waals surface area contributed by atoms with Crippen LogP contribution >= 0.6 is 0 Å². The number of benzene rings is 2. The summed E-state index contributed by atoms with van der Waals surface area (Å²) in [5.74, 6) is -1.35. The first kappa shape index (κ1) is 34.1. The molecule has 230 valence electrons. The first-order valence-electron chi connectivity index (χ1n) is 14.1. The van der Waals surface area contributed by atoms with Gasteiger partial charge in [-0.3, -0.25) is 14.4 Å². The molecule has 0 aromatic heterocycles. The van der Waals surface area contributed by atoms with Crippen molar-refractivity contribution in [3.63, 3.8) is 0 Å². The van der Waals surface area contributed by atoms with E-state index in [1.807, 2.05) is 39.8 Å². The molecule has 0 spiro atoms. The summed E-state index contributed by atoms with van der Waals surface area (Å²) in [6, 6.07) is 11.4. The van der Waals surface area contributed by atoms with Crippen LogP contribution in [0.1, 0.15) is 77.6 Å². The summed E-state index contributed by atoms with van der Waals surface area (Å²) >= 11 is 0. The molecule has 10 nitrogen and oxygen atoms in total. The van der Waals surface area contributed by atoms with Gasteiger partial charge in [-0.05, 0) is 84.2 Å². The van der Waals surface area contributed by atoms with Crippen LogP contribution in [0.15, 0.2) is 48.5 Å². The second-order valence-electron chi connectivity index (χ2n) is 12.1. The molecule has 0 radical (unpaired) electrons. The Kier molecular flexibility index (Phi) is 11.9. The maximum atomic E-state index is 14.5. The van der Waals surface area contributed by atoms with Crippen molar-refractivity contribution in [2.75, 3.05) is 13.2 Å². The van der Waals surface area contributed by atoms with Crippen LogP contribution in [-0.4, -0.2) is 64.2 Å². The van der Waals surface area contributed by atoms with E-state index in [-0.39, 0.29) is 31.7 Å². The van der Waals surface area contributed by atoms with Crippen molar-refractivity contribution in [1.82, 2.24) is 15.5 Å². The number of aromatic hydroxyl groups is 1. The van der Waals surface area contributed by atoms with Crippen LogP contribution in [0.3, 0.4) is 0 Å². The van der Waals surface area contributed by atoms with Crippen LogP contribution in [0.4, 0.5) is 4.79 Å². The van der Waals surface area contributed by atoms with E-state index in [1.54, 1.807) is 52.0 Å². The lowest BCUT2D eigenvalue weighted by Crippen LogP contribution is -2.59. The molecule has 2 atom stereocenters. The van der Waals surface area contributed by atoms with E-state index in [4.69, 9.17) is 9.47 Å². The zero-order chi connectivity index (χ0) is 31.7. The molecule has 2 unspecified atom stereocenters. The van der Waals surface area contributed by atoms with E-state index in [0.29, 0.717) is 11.1 Å². The molecular weight excluding hydrogens is 538 g/mol. The fourth-order valence-corrected chi connectivity index (χ4v) is 4.44. The molecule has 2 aromatic carbocycles. The van der Waals surface area contributed by atoms with E-state index in [0.717, 1.165) is 5.56 Å². The summed E-state index contributed by atoms with van der Waals surface area (Å²) in [7, 11) is 0. The van der Waals surface area contributed by atoms with Gasteiger partial charge >= 0.3 is 12.1 Å². The first-order valence-corrected chi connectivity index (χ1v) is 14.1. The summed E-state index contributed by atoms with van der Waals surface area (Å²) in [5.41, 5.74) is 0.394. The second kappa shape index (κ2) is 14.7. The number of phenolic OH excluding ortho intramolecular Hbond substituents is 1. The van der Waals surface area contributed by atoms with E-state index in [9.17, 15) is 24.3 Å². The summed E-state index contributed by atoms with van der Waals surface area (Å²) in [6.07, 6.45) is -0.719. The number of esters is 1. The molecule has 0 saturated heterocycles. The molecule has 0 saturated carbocycles. The number of hydrogen-bond donors (Lipinski definition) is 3. The molecule has 0 heterocycles. The molecule has 0 fully saturated rings. The van der Waals surface area contributed by atoms with Crippen molar-refractivity contribution in [3.05, 3.63) is 65.2 Å². The summed E-state index contributed by atoms with van der Waals surface area (Å²) < 4.78 is 10.4.